The van der Waals surface area contributed by atoms with Crippen molar-refractivity contribution in [3.8, 4) is 0 Å². The van der Waals surface area contributed by atoms with Gasteiger partial charge in [0.2, 0.25) is 0 Å². The van der Waals surface area contributed by atoms with Crippen molar-refractivity contribution in [1.29, 1.82) is 0 Å². The van der Waals surface area contributed by atoms with E-state index in [9.17, 15) is 8.42 Å². The summed E-state index contributed by atoms with van der Waals surface area (Å²) in [5.41, 5.74) is 0.550. The molecule has 2 N–H and O–H groups in total. The Morgan fingerprint density at radius 1 is 1.44 bits per heavy atom. The minimum Gasteiger partial charge on any atom is -0.395 e. The van der Waals surface area contributed by atoms with Crippen LogP contribution in [0.5, 0.6) is 0 Å². The molecule has 18 heavy (non-hydrogen) atoms. The summed E-state index contributed by atoms with van der Waals surface area (Å²) in [6, 6.07) is 4.75. The molecule has 0 aliphatic carbocycles. The molecule has 0 saturated heterocycles. The second kappa shape index (κ2) is 6.52. The van der Waals surface area contributed by atoms with Crippen LogP contribution in [0.3, 0.4) is 0 Å². The number of aliphatic hydroxyl groups is 1. The van der Waals surface area contributed by atoms with Crippen LogP contribution in [0.4, 0.5) is 0 Å². The summed E-state index contributed by atoms with van der Waals surface area (Å²) in [7, 11) is -3.30. The van der Waals surface area contributed by atoms with Gasteiger partial charge in [-0.3, -0.25) is 0 Å². The molecule has 0 aromatic heterocycles. The highest BCUT2D eigenvalue weighted by Crippen LogP contribution is 2.24. The van der Waals surface area contributed by atoms with E-state index in [0.717, 1.165) is 12.7 Å². The zero-order valence-corrected chi connectivity index (χ0v) is 12.1. The number of nitrogens with one attached hydrogen (secondary N) is 1. The predicted octanol–water partition coefficient (Wildman–Crippen LogP) is 1.60. The second-order valence-electron chi connectivity index (χ2n) is 4.16. The maximum atomic E-state index is 11.7. The molecule has 0 heterocycles. The smallest absolute Gasteiger partial charge is 0.175 e. The van der Waals surface area contributed by atoms with Gasteiger partial charge in [0.1, 0.15) is 0 Å². The van der Waals surface area contributed by atoms with Crippen molar-refractivity contribution in [3.05, 3.63) is 28.8 Å². The van der Waals surface area contributed by atoms with E-state index in [2.05, 4.69) is 5.32 Å². The molecule has 4 nitrogen and oxygen atoms in total. The Kier molecular flexibility index (Phi) is 5.59. The van der Waals surface area contributed by atoms with Gasteiger partial charge in [0.15, 0.2) is 9.84 Å². The van der Waals surface area contributed by atoms with Crippen molar-refractivity contribution in [2.75, 3.05) is 12.9 Å². The molecular formula is C12H18ClNO3S. The minimum atomic E-state index is -3.30. The van der Waals surface area contributed by atoms with Crippen molar-refractivity contribution in [1.82, 2.24) is 5.32 Å². The van der Waals surface area contributed by atoms with Crippen molar-refractivity contribution in [3.63, 3.8) is 0 Å². The van der Waals surface area contributed by atoms with Crippen LogP contribution < -0.4 is 5.32 Å². The monoisotopic (exact) mass is 291 g/mol. The van der Waals surface area contributed by atoms with Gasteiger partial charge >= 0.3 is 0 Å². The van der Waals surface area contributed by atoms with Crippen molar-refractivity contribution in [2.45, 2.75) is 30.8 Å². The van der Waals surface area contributed by atoms with Crippen LogP contribution in [0.1, 0.15) is 18.9 Å². The van der Waals surface area contributed by atoms with Gasteiger partial charge in [-0.05, 0) is 18.6 Å². The first kappa shape index (κ1) is 15.4. The number of hydrogen-bond donors (Lipinski definition) is 2. The Morgan fingerprint density at radius 3 is 2.61 bits per heavy atom. The standard InChI is InChI=1S/C12H18ClNO3S/c1-3-9(8-15)14-7-10-11(13)5-4-6-12(10)18(2,16)17/h4-6,9,14-15H,3,7-8H2,1-2H3/t9-/m1/s1. The van der Waals surface area contributed by atoms with E-state index >= 15 is 0 Å². The maximum absolute atomic E-state index is 11.7. The number of rotatable bonds is 6. The first-order valence-corrected chi connectivity index (χ1v) is 7.98. The SMILES string of the molecule is CC[C@H](CO)NCc1c(Cl)cccc1S(C)(=O)=O. The summed E-state index contributed by atoms with van der Waals surface area (Å²) in [5, 5.41) is 12.6. The molecule has 1 atom stereocenters. The molecule has 0 amide bonds. The van der Waals surface area contributed by atoms with Gasteiger partial charge in [-0.2, -0.15) is 0 Å². The van der Waals surface area contributed by atoms with Crippen LogP contribution in [0, 0.1) is 0 Å². The lowest BCUT2D eigenvalue weighted by Crippen LogP contribution is -2.31. The third-order valence-electron chi connectivity index (χ3n) is 2.76. The van der Waals surface area contributed by atoms with Gasteiger partial charge in [0.25, 0.3) is 0 Å². The first-order valence-electron chi connectivity index (χ1n) is 5.71. The van der Waals surface area contributed by atoms with E-state index in [4.69, 9.17) is 16.7 Å². The number of sulfone groups is 1. The number of hydrogen-bond acceptors (Lipinski definition) is 4. The maximum Gasteiger partial charge on any atom is 0.175 e. The van der Waals surface area contributed by atoms with Gasteiger partial charge in [-0.25, -0.2) is 8.42 Å². The van der Waals surface area contributed by atoms with E-state index in [1.807, 2.05) is 6.92 Å². The molecule has 0 bridgehead atoms. The van der Waals surface area contributed by atoms with Gasteiger partial charge in [-0.1, -0.05) is 24.6 Å². The second-order valence-corrected chi connectivity index (χ2v) is 6.55. The van der Waals surface area contributed by atoms with E-state index in [1.165, 1.54) is 6.07 Å². The lowest BCUT2D eigenvalue weighted by Gasteiger charge is -2.16. The fraction of sp³-hybridized carbons (Fsp3) is 0.500. The molecular weight excluding hydrogens is 274 g/mol. The molecule has 0 aliphatic rings. The summed E-state index contributed by atoms with van der Waals surface area (Å²) >= 11 is 6.04. The molecule has 0 spiro atoms. The molecule has 0 fully saturated rings. The summed E-state index contributed by atoms with van der Waals surface area (Å²) in [5.74, 6) is 0. The summed E-state index contributed by atoms with van der Waals surface area (Å²) < 4.78 is 23.3. The van der Waals surface area contributed by atoms with Crippen molar-refractivity contribution < 1.29 is 13.5 Å². The quantitative estimate of drug-likeness (QED) is 0.835. The van der Waals surface area contributed by atoms with E-state index < -0.39 is 9.84 Å². The average molecular weight is 292 g/mol. The molecule has 0 radical (unpaired) electrons. The summed E-state index contributed by atoms with van der Waals surface area (Å²) in [6.07, 6.45) is 1.92. The molecule has 1 aromatic rings. The average Bonchev–Trinajstić information content (AvgIpc) is 2.30. The van der Waals surface area contributed by atoms with Crippen molar-refractivity contribution >= 4 is 21.4 Å². The zero-order chi connectivity index (χ0) is 13.8. The van der Waals surface area contributed by atoms with Crippen LogP contribution >= 0.6 is 11.6 Å². The fourth-order valence-corrected chi connectivity index (χ4v) is 2.90. The summed E-state index contributed by atoms with van der Waals surface area (Å²) in [4.78, 5) is 0.232. The highest BCUT2D eigenvalue weighted by Gasteiger charge is 2.16. The molecule has 0 saturated carbocycles. The Bertz CT molecular complexity index is 498. The molecule has 0 unspecified atom stereocenters. The van der Waals surface area contributed by atoms with Gasteiger partial charge < -0.3 is 10.4 Å². The highest BCUT2D eigenvalue weighted by atomic mass is 35.5. The predicted molar refractivity (Wildman–Crippen MR) is 72.6 cm³/mol. The lowest BCUT2D eigenvalue weighted by atomic mass is 10.2. The highest BCUT2D eigenvalue weighted by molar-refractivity contribution is 7.90. The largest absolute Gasteiger partial charge is 0.395 e. The van der Waals surface area contributed by atoms with E-state index in [0.29, 0.717) is 17.1 Å². The topological polar surface area (TPSA) is 66.4 Å². The van der Waals surface area contributed by atoms with Gasteiger partial charge in [0.05, 0.1) is 11.5 Å². The lowest BCUT2D eigenvalue weighted by molar-refractivity contribution is 0.238. The van der Waals surface area contributed by atoms with Gasteiger partial charge in [-0.15, -0.1) is 0 Å². The van der Waals surface area contributed by atoms with Crippen LogP contribution in [0.2, 0.25) is 5.02 Å². The van der Waals surface area contributed by atoms with Crippen LogP contribution in [0.15, 0.2) is 23.1 Å². The van der Waals surface area contributed by atoms with Crippen LogP contribution in [-0.2, 0) is 16.4 Å². The van der Waals surface area contributed by atoms with Crippen LogP contribution in [0.25, 0.3) is 0 Å². The molecule has 6 heteroatoms. The van der Waals surface area contributed by atoms with E-state index in [1.54, 1.807) is 12.1 Å². The Hall–Kier alpha value is -0.620. The van der Waals surface area contributed by atoms with E-state index in [-0.39, 0.29) is 17.5 Å². The van der Waals surface area contributed by atoms with Gasteiger partial charge in [0, 0.05) is 29.4 Å². The van der Waals surface area contributed by atoms with Crippen LogP contribution in [-0.4, -0.2) is 32.4 Å². The number of aliphatic hydroxyl groups excluding tert-OH is 1. The molecule has 102 valence electrons. The molecule has 1 rings (SSSR count). The third kappa shape index (κ3) is 3.95. The minimum absolute atomic E-state index is 0.00909. The Balaban J connectivity index is 3.01. The molecule has 0 aliphatic heterocycles. The Morgan fingerprint density at radius 2 is 2.11 bits per heavy atom. The first-order chi connectivity index (χ1) is 8.40. The fourth-order valence-electron chi connectivity index (χ4n) is 1.64. The zero-order valence-electron chi connectivity index (χ0n) is 10.5. The Labute approximate surface area is 113 Å². The number of halogens is 1. The number of benzene rings is 1. The summed E-state index contributed by atoms with van der Waals surface area (Å²) in [6.45, 7) is 2.27. The molecule has 1 aromatic carbocycles. The third-order valence-corrected chi connectivity index (χ3v) is 4.29. The normalized spacial score (nSPS) is 13.6. The van der Waals surface area contributed by atoms with Crippen molar-refractivity contribution in [2.24, 2.45) is 0 Å².